The highest BCUT2D eigenvalue weighted by Gasteiger charge is 2.38. The molecule has 0 bridgehead atoms. The number of nitrogens with one attached hydrogen (secondary N) is 1. The number of ether oxygens (including phenoxy) is 1. The third-order valence-corrected chi connectivity index (χ3v) is 3.73. The van der Waals surface area contributed by atoms with E-state index in [0.29, 0.717) is 30.7 Å². The average molecular weight is 362 g/mol. The van der Waals surface area contributed by atoms with E-state index < -0.39 is 12.1 Å². The van der Waals surface area contributed by atoms with E-state index in [-0.39, 0.29) is 5.97 Å². The fourth-order valence-corrected chi connectivity index (χ4v) is 2.65. The van der Waals surface area contributed by atoms with Gasteiger partial charge in [-0.15, -0.1) is 11.6 Å². The molecule has 1 aliphatic rings. The van der Waals surface area contributed by atoms with Gasteiger partial charge in [0, 0.05) is 12.3 Å². The number of carbonyl (C=O) groups excluding carboxylic acids is 1. The molecule has 0 spiro atoms. The van der Waals surface area contributed by atoms with Crippen LogP contribution in [0.1, 0.15) is 32.6 Å². The fourth-order valence-electron chi connectivity index (χ4n) is 2.37. The third kappa shape index (κ3) is 10.4. The molecule has 136 valence electrons. The number of carboxylic acids is 1. The summed E-state index contributed by atoms with van der Waals surface area (Å²) < 4.78 is 36.7. The number of esters is 1. The molecule has 9 heteroatoms. The Labute approximate surface area is 138 Å². The minimum Gasteiger partial charge on any atom is -0.475 e. The zero-order chi connectivity index (χ0) is 17.9. The van der Waals surface area contributed by atoms with Crippen molar-refractivity contribution in [3.63, 3.8) is 0 Å². The van der Waals surface area contributed by atoms with Gasteiger partial charge in [0.15, 0.2) is 0 Å². The number of piperidine rings is 1. The van der Waals surface area contributed by atoms with Crippen LogP contribution in [0.5, 0.6) is 0 Å². The highest BCUT2D eigenvalue weighted by atomic mass is 35.5. The number of halogens is 4. The fraction of sp³-hybridized carbons (Fsp3) is 0.857. The summed E-state index contributed by atoms with van der Waals surface area (Å²) in [6.45, 7) is 4.43. The van der Waals surface area contributed by atoms with Gasteiger partial charge >= 0.3 is 18.1 Å². The number of carboxylic acid groups (broad SMARTS) is 1. The number of rotatable bonds is 6. The van der Waals surface area contributed by atoms with Gasteiger partial charge in [0.25, 0.3) is 0 Å². The lowest BCUT2D eigenvalue weighted by Crippen LogP contribution is -2.37. The van der Waals surface area contributed by atoms with Gasteiger partial charge in [0.2, 0.25) is 0 Å². The Morgan fingerprint density at radius 3 is 2.39 bits per heavy atom. The minimum atomic E-state index is -5.08. The van der Waals surface area contributed by atoms with Crippen LogP contribution in [-0.2, 0) is 14.3 Å². The van der Waals surface area contributed by atoms with Crippen molar-refractivity contribution < 1.29 is 32.6 Å². The van der Waals surface area contributed by atoms with E-state index in [1.54, 1.807) is 0 Å². The van der Waals surface area contributed by atoms with Crippen LogP contribution in [0.2, 0.25) is 0 Å². The predicted molar refractivity (Wildman–Crippen MR) is 79.4 cm³/mol. The van der Waals surface area contributed by atoms with Crippen molar-refractivity contribution in [3.8, 4) is 0 Å². The minimum absolute atomic E-state index is 0.0642. The maximum atomic E-state index is 11.3. The van der Waals surface area contributed by atoms with E-state index in [2.05, 4.69) is 5.32 Å². The van der Waals surface area contributed by atoms with Crippen molar-refractivity contribution in [1.82, 2.24) is 5.32 Å². The molecule has 1 heterocycles. The largest absolute Gasteiger partial charge is 0.490 e. The van der Waals surface area contributed by atoms with Gasteiger partial charge in [0.05, 0.1) is 6.61 Å². The molecule has 0 aromatic carbocycles. The van der Waals surface area contributed by atoms with Crippen LogP contribution < -0.4 is 5.32 Å². The standard InChI is InChI=1S/C12H22ClNO2.C2HF3O2/c1-2-16-12(15)4-3-10-6-8-14-9-11(10)5-7-13;3-2(4,5)1(6)7/h10-11,14H,2-9H2,1H3;(H,6,7). The van der Waals surface area contributed by atoms with Gasteiger partial charge in [-0.2, -0.15) is 13.2 Å². The molecule has 5 nitrogen and oxygen atoms in total. The highest BCUT2D eigenvalue weighted by molar-refractivity contribution is 6.17. The molecular weight excluding hydrogens is 339 g/mol. The van der Waals surface area contributed by atoms with E-state index in [4.69, 9.17) is 26.2 Å². The van der Waals surface area contributed by atoms with Gasteiger partial charge in [-0.3, -0.25) is 4.79 Å². The lowest BCUT2D eigenvalue weighted by Gasteiger charge is -2.31. The normalized spacial score (nSPS) is 21.1. The lowest BCUT2D eigenvalue weighted by atomic mass is 9.81. The Bertz CT molecular complexity index is 364. The van der Waals surface area contributed by atoms with Crippen LogP contribution in [0.4, 0.5) is 13.2 Å². The first-order chi connectivity index (χ1) is 10.7. The molecule has 0 saturated carbocycles. The second-order valence-electron chi connectivity index (χ2n) is 5.14. The molecule has 1 rings (SSSR count). The molecule has 1 aliphatic heterocycles. The maximum Gasteiger partial charge on any atom is 0.490 e. The van der Waals surface area contributed by atoms with Crippen molar-refractivity contribution in [2.45, 2.75) is 38.8 Å². The first-order valence-electron chi connectivity index (χ1n) is 7.44. The van der Waals surface area contributed by atoms with Crippen molar-refractivity contribution in [2.24, 2.45) is 11.8 Å². The summed E-state index contributed by atoms with van der Waals surface area (Å²) in [5.74, 6) is -0.856. The van der Waals surface area contributed by atoms with Crippen LogP contribution >= 0.6 is 11.6 Å². The van der Waals surface area contributed by atoms with Crippen molar-refractivity contribution in [2.75, 3.05) is 25.6 Å². The highest BCUT2D eigenvalue weighted by Crippen LogP contribution is 2.27. The number of carbonyl (C=O) groups is 2. The van der Waals surface area contributed by atoms with Gasteiger partial charge in [0.1, 0.15) is 0 Å². The molecule has 0 radical (unpaired) electrons. The summed E-state index contributed by atoms with van der Waals surface area (Å²) in [6, 6.07) is 0. The van der Waals surface area contributed by atoms with E-state index in [1.807, 2.05) is 6.92 Å². The monoisotopic (exact) mass is 361 g/mol. The number of hydrogen-bond donors (Lipinski definition) is 2. The van der Waals surface area contributed by atoms with E-state index in [0.717, 1.165) is 32.4 Å². The quantitative estimate of drug-likeness (QED) is 0.562. The summed E-state index contributed by atoms with van der Waals surface area (Å²) in [4.78, 5) is 20.2. The Hall–Kier alpha value is -1.02. The molecule has 0 aromatic heterocycles. The SMILES string of the molecule is CCOC(=O)CCC1CCNCC1CCCl.O=C(O)C(F)(F)F. The predicted octanol–water partition coefficient (Wildman–Crippen LogP) is 2.82. The molecule has 23 heavy (non-hydrogen) atoms. The van der Waals surface area contributed by atoms with Crippen LogP contribution in [0.15, 0.2) is 0 Å². The van der Waals surface area contributed by atoms with E-state index >= 15 is 0 Å². The molecule has 0 aliphatic carbocycles. The first kappa shape index (κ1) is 22.0. The van der Waals surface area contributed by atoms with Crippen LogP contribution in [0.25, 0.3) is 0 Å². The molecule has 2 unspecified atom stereocenters. The van der Waals surface area contributed by atoms with Gasteiger partial charge in [-0.25, -0.2) is 4.79 Å². The number of aliphatic carboxylic acids is 1. The maximum absolute atomic E-state index is 11.3. The zero-order valence-corrected chi connectivity index (χ0v) is 13.8. The topological polar surface area (TPSA) is 75.6 Å². The van der Waals surface area contributed by atoms with Crippen LogP contribution in [0.3, 0.4) is 0 Å². The van der Waals surface area contributed by atoms with Crippen molar-refractivity contribution in [1.29, 1.82) is 0 Å². The molecule has 2 atom stereocenters. The number of hydrogen-bond acceptors (Lipinski definition) is 4. The van der Waals surface area contributed by atoms with E-state index in [1.165, 1.54) is 0 Å². The lowest BCUT2D eigenvalue weighted by molar-refractivity contribution is -0.192. The van der Waals surface area contributed by atoms with Gasteiger partial charge in [-0.1, -0.05) is 0 Å². The molecule has 1 fully saturated rings. The zero-order valence-electron chi connectivity index (χ0n) is 13.0. The Morgan fingerprint density at radius 2 is 1.91 bits per heavy atom. The second kappa shape index (κ2) is 11.5. The second-order valence-corrected chi connectivity index (χ2v) is 5.52. The first-order valence-corrected chi connectivity index (χ1v) is 7.98. The molecule has 1 saturated heterocycles. The van der Waals surface area contributed by atoms with Crippen LogP contribution in [-0.4, -0.2) is 48.8 Å². The Kier molecular flexibility index (Phi) is 11.0. The van der Waals surface area contributed by atoms with Crippen molar-refractivity contribution in [3.05, 3.63) is 0 Å². The summed E-state index contributed by atoms with van der Waals surface area (Å²) >= 11 is 5.79. The molecule has 0 aromatic rings. The van der Waals surface area contributed by atoms with Gasteiger partial charge < -0.3 is 15.2 Å². The van der Waals surface area contributed by atoms with E-state index in [9.17, 15) is 18.0 Å². The summed E-state index contributed by atoms with van der Waals surface area (Å²) in [5, 5.41) is 10.5. The summed E-state index contributed by atoms with van der Waals surface area (Å²) in [5.41, 5.74) is 0. The summed E-state index contributed by atoms with van der Waals surface area (Å²) in [6.07, 6.45) is -1.39. The van der Waals surface area contributed by atoms with Crippen molar-refractivity contribution >= 4 is 23.5 Å². The van der Waals surface area contributed by atoms with Crippen LogP contribution in [0, 0.1) is 11.8 Å². The average Bonchev–Trinajstić information content (AvgIpc) is 2.46. The smallest absolute Gasteiger partial charge is 0.475 e. The molecule has 2 N–H and O–H groups in total. The number of alkyl halides is 4. The van der Waals surface area contributed by atoms with Gasteiger partial charge in [-0.05, 0) is 51.1 Å². The Morgan fingerprint density at radius 1 is 1.30 bits per heavy atom. The Balaban J connectivity index is 0.000000585. The molecular formula is C14H23ClF3NO4. The molecule has 0 amide bonds. The third-order valence-electron chi connectivity index (χ3n) is 3.51. The summed E-state index contributed by atoms with van der Waals surface area (Å²) in [7, 11) is 0.